The first-order chi connectivity index (χ1) is 19.9. The minimum atomic E-state index is -0.0517. The van der Waals surface area contributed by atoms with E-state index in [9.17, 15) is 0 Å². The lowest BCUT2D eigenvalue weighted by Crippen LogP contribution is -2.32. The summed E-state index contributed by atoms with van der Waals surface area (Å²) in [5.74, 6) is 0. The molecule has 0 aliphatic carbocycles. The molecule has 2 atom stereocenters. The highest BCUT2D eigenvalue weighted by Gasteiger charge is 2.29. The quantitative estimate of drug-likeness (QED) is 0.287. The van der Waals surface area contributed by atoms with Gasteiger partial charge in [-0.15, -0.1) is 0 Å². The largest absolute Gasteiger partial charge is 0.306 e. The van der Waals surface area contributed by atoms with Crippen LogP contribution < -0.4 is 10.6 Å². The smallest absolute Gasteiger partial charge is 0.0946 e. The fourth-order valence-electron chi connectivity index (χ4n) is 6.69. The van der Waals surface area contributed by atoms with Gasteiger partial charge in [0.05, 0.1) is 29.0 Å². The number of benzene rings is 4. The molecule has 0 radical (unpaired) electrons. The average molecular weight is 520 g/mol. The molecule has 5 nitrogen and oxygen atoms in total. The van der Waals surface area contributed by atoms with E-state index in [-0.39, 0.29) is 12.1 Å². The van der Waals surface area contributed by atoms with Crippen molar-refractivity contribution in [3.05, 3.63) is 137 Å². The summed E-state index contributed by atoms with van der Waals surface area (Å²) in [6.07, 6.45) is 4.14. The number of nitrogens with zero attached hydrogens (tertiary/aromatic N) is 3. The second-order valence-electron chi connectivity index (χ2n) is 10.8. The Bertz CT molecular complexity index is 1900. The van der Waals surface area contributed by atoms with Crippen molar-refractivity contribution in [1.82, 2.24) is 25.8 Å². The van der Waals surface area contributed by atoms with Gasteiger partial charge in [0.1, 0.15) is 0 Å². The van der Waals surface area contributed by atoms with Crippen molar-refractivity contribution < 1.29 is 0 Å². The maximum atomic E-state index is 5.25. The van der Waals surface area contributed by atoms with E-state index >= 15 is 0 Å². The van der Waals surface area contributed by atoms with Crippen LogP contribution in [0.5, 0.6) is 0 Å². The molecule has 0 bridgehead atoms. The highest BCUT2D eigenvalue weighted by atomic mass is 15.1. The SMILES string of the molecule is c1ccc2c(c1)CCNC2c1nnc2ccccc2c1-c1ncc(C2NCCc3ccccc32)c2ccccc12. The molecule has 0 saturated heterocycles. The van der Waals surface area contributed by atoms with Crippen LogP contribution in [0.4, 0.5) is 0 Å². The van der Waals surface area contributed by atoms with Crippen molar-refractivity contribution in [2.45, 2.75) is 24.9 Å². The van der Waals surface area contributed by atoms with Crippen molar-refractivity contribution in [1.29, 1.82) is 0 Å². The van der Waals surface area contributed by atoms with Gasteiger partial charge in [-0.25, -0.2) is 0 Å². The predicted molar refractivity (Wildman–Crippen MR) is 160 cm³/mol. The molecule has 0 amide bonds. The minimum Gasteiger partial charge on any atom is -0.306 e. The van der Waals surface area contributed by atoms with Crippen molar-refractivity contribution in [2.75, 3.05) is 13.1 Å². The third-order valence-corrected chi connectivity index (χ3v) is 8.56. The molecule has 4 aromatic carbocycles. The molecule has 0 fully saturated rings. The van der Waals surface area contributed by atoms with E-state index in [2.05, 4.69) is 107 Å². The molecule has 0 saturated carbocycles. The molecule has 2 aliphatic heterocycles. The molecular weight excluding hydrogens is 490 g/mol. The topological polar surface area (TPSA) is 62.7 Å². The van der Waals surface area contributed by atoms with Gasteiger partial charge in [0.25, 0.3) is 0 Å². The van der Waals surface area contributed by atoms with Crippen molar-refractivity contribution in [2.24, 2.45) is 0 Å². The standard InChI is InChI=1S/C35H29N5/c1-3-11-24-22(9-1)17-19-36-32(24)29-21-38-33(27-14-6-5-13-26(27)29)31-28-15-7-8-16-30(28)39-40-35(31)34-25-12-4-2-10-23(25)18-20-37-34/h1-16,21,32,34,36-37H,17-20H2. The van der Waals surface area contributed by atoms with Gasteiger partial charge >= 0.3 is 0 Å². The summed E-state index contributed by atoms with van der Waals surface area (Å²) in [6.45, 7) is 1.85. The highest BCUT2D eigenvalue weighted by molar-refractivity contribution is 6.04. The van der Waals surface area contributed by atoms with E-state index in [1.807, 2.05) is 12.1 Å². The molecular formula is C35H29N5. The molecule has 2 unspecified atom stereocenters. The van der Waals surface area contributed by atoms with E-state index < -0.39 is 0 Å². The lowest BCUT2D eigenvalue weighted by molar-refractivity contribution is 0.553. The van der Waals surface area contributed by atoms with Gasteiger partial charge in [0, 0.05) is 35.6 Å². The zero-order chi connectivity index (χ0) is 26.5. The number of aromatic nitrogens is 3. The first-order valence-corrected chi connectivity index (χ1v) is 14.1. The van der Waals surface area contributed by atoms with E-state index in [1.165, 1.54) is 33.2 Å². The Balaban J connectivity index is 1.38. The molecule has 40 heavy (non-hydrogen) atoms. The molecule has 2 aliphatic rings. The first kappa shape index (κ1) is 23.4. The van der Waals surface area contributed by atoms with Crippen LogP contribution in [0.1, 0.15) is 45.6 Å². The Kier molecular flexibility index (Phi) is 5.64. The Morgan fingerprint density at radius 3 is 1.93 bits per heavy atom. The van der Waals surface area contributed by atoms with E-state index in [0.29, 0.717) is 0 Å². The van der Waals surface area contributed by atoms with Crippen LogP contribution in [0.3, 0.4) is 0 Å². The van der Waals surface area contributed by atoms with E-state index in [4.69, 9.17) is 10.1 Å². The highest BCUT2D eigenvalue weighted by Crippen LogP contribution is 2.41. The van der Waals surface area contributed by atoms with E-state index in [0.717, 1.165) is 59.2 Å². The summed E-state index contributed by atoms with van der Waals surface area (Å²) in [7, 11) is 0. The Hall–Kier alpha value is -4.45. The summed E-state index contributed by atoms with van der Waals surface area (Å²) in [6, 6.07) is 34.5. The number of rotatable bonds is 3. The fraction of sp³-hybridized carbons (Fsp3) is 0.171. The van der Waals surface area contributed by atoms with Gasteiger partial charge in [0.2, 0.25) is 0 Å². The van der Waals surface area contributed by atoms with Crippen LogP contribution in [0.2, 0.25) is 0 Å². The van der Waals surface area contributed by atoms with Gasteiger partial charge in [-0.05, 0) is 52.1 Å². The van der Waals surface area contributed by atoms with Gasteiger partial charge < -0.3 is 10.6 Å². The number of nitrogens with one attached hydrogen (secondary N) is 2. The second-order valence-corrected chi connectivity index (χ2v) is 10.8. The molecule has 2 N–H and O–H groups in total. The molecule has 6 aromatic rings. The summed E-state index contributed by atoms with van der Waals surface area (Å²) in [4.78, 5) is 5.25. The van der Waals surface area contributed by atoms with Crippen LogP contribution in [-0.2, 0) is 12.8 Å². The molecule has 4 heterocycles. The van der Waals surface area contributed by atoms with E-state index in [1.54, 1.807) is 0 Å². The van der Waals surface area contributed by atoms with Gasteiger partial charge in [-0.1, -0.05) is 91.0 Å². The number of pyridine rings is 1. The number of hydrogen-bond donors (Lipinski definition) is 2. The number of hydrogen-bond acceptors (Lipinski definition) is 5. The maximum Gasteiger partial charge on any atom is 0.0946 e. The third kappa shape index (κ3) is 3.74. The van der Waals surface area contributed by atoms with Gasteiger partial charge in [0.15, 0.2) is 0 Å². The van der Waals surface area contributed by atoms with Crippen molar-refractivity contribution in [3.63, 3.8) is 0 Å². The van der Waals surface area contributed by atoms with Crippen LogP contribution in [0.15, 0.2) is 103 Å². The van der Waals surface area contributed by atoms with Crippen LogP contribution >= 0.6 is 0 Å². The van der Waals surface area contributed by atoms with Crippen LogP contribution in [0.25, 0.3) is 32.9 Å². The monoisotopic (exact) mass is 519 g/mol. The van der Waals surface area contributed by atoms with Gasteiger partial charge in [-0.3, -0.25) is 4.98 Å². The minimum absolute atomic E-state index is 0.0517. The van der Waals surface area contributed by atoms with Crippen LogP contribution in [0, 0.1) is 0 Å². The summed E-state index contributed by atoms with van der Waals surface area (Å²) < 4.78 is 0. The summed E-state index contributed by atoms with van der Waals surface area (Å²) >= 11 is 0. The third-order valence-electron chi connectivity index (χ3n) is 8.56. The zero-order valence-electron chi connectivity index (χ0n) is 22.1. The maximum absolute atomic E-state index is 5.25. The molecule has 5 heteroatoms. The van der Waals surface area contributed by atoms with Gasteiger partial charge in [-0.2, -0.15) is 10.2 Å². The Morgan fingerprint density at radius 1 is 0.550 bits per heavy atom. The lowest BCUT2D eigenvalue weighted by atomic mass is 9.86. The average Bonchev–Trinajstić information content (AvgIpc) is 3.03. The summed E-state index contributed by atoms with van der Waals surface area (Å²) in [5, 5.41) is 20.5. The summed E-state index contributed by atoms with van der Waals surface area (Å²) in [5.41, 5.74) is 10.4. The Labute approximate surface area is 233 Å². The van der Waals surface area contributed by atoms with Crippen molar-refractivity contribution in [3.8, 4) is 11.3 Å². The molecule has 8 rings (SSSR count). The lowest BCUT2D eigenvalue weighted by Gasteiger charge is -2.29. The first-order valence-electron chi connectivity index (χ1n) is 14.1. The molecule has 2 aromatic heterocycles. The van der Waals surface area contributed by atoms with Crippen LogP contribution in [-0.4, -0.2) is 28.3 Å². The number of fused-ring (bicyclic) bond motifs is 4. The zero-order valence-corrected chi connectivity index (χ0v) is 22.1. The fourth-order valence-corrected chi connectivity index (χ4v) is 6.69. The molecule has 194 valence electrons. The van der Waals surface area contributed by atoms with Crippen molar-refractivity contribution >= 4 is 21.7 Å². The Morgan fingerprint density at radius 2 is 1.15 bits per heavy atom. The normalized spacial score (nSPS) is 18.4. The predicted octanol–water partition coefficient (Wildman–Crippen LogP) is 6.32. The second kappa shape index (κ2) is 9.63. The molecule has 0 spiro atoms.